The number of carbonyl (C=O) groups excluding carboxylic acids is 2. The van der Waals surface area contributed by atoms with Crippen molar-refractivity contribution < 1.29 is 9.59 Å². The molecule has 0 radical (unpaired) electrons. The Balaban J connectivity index is 1.36. The summed E-state index contributed by atoms with van der Waals surface area (Å²) in [6.07, 6.45) is 11.9. The van der Waals surface area contributed by atoms with Crippen molar-refractivity contribution in [1.29, 1.82) is 0 Å². The van der Waals surface area contributed by atoms with Gasteiger partial charge < -0.3 is 21.3 Å². The van der Waals surface area contributed by atoms with Gasteiger partial charge in [0, 0.05) is 51.0 Å². The topological polar surface area (TPSA) is 108 Å². The Labute approximate surface area is 171 Å². The second-order valence-electron chi connectivity index (χ2n) is 6.70. The molecule has 2 aromatic heterocycles. The second-order valence-corrected chi connectivity index (χ2v) is 6.70. The van der Waals surface area contributed by atoms with E-state index in [4.69, 9.17) is 0 Å². The lowest BCUT2D eigenvalue weighted by Crippen LogP contribution is -2.35. The third kappa shape index (κ3) is 10.7. The van der Waals surface area contributed by atoms with Crippen LogP contribution in [0.1, 0.15) is 43.2 Å². The van der Waals surface area contributed by atoms with E-state index >= 15 is 0 Å². The summed E-state index contributed by atoms with van der Waals surface area (Å²) in [5.41, 5.74) is 2.05. The molecule has 8 nitrogen and oxygen atoms in total. The van der Waals surface area contributed by atoms with Gasteiger partial charge in [-0.15, -0.1) is 0 Å². The summed E-state index contributed by atoms with van der Waals surface area (Å²) in [4.78, 5) is 31.3. The van der Waals surface area contributed by atoms with E-state index in [9.17, 15) is 9.59 Å². The first-order valence-corrected chi connectivity index (χ1v) is 10.1. The first kappa shape index (κ1) is 22.1. The first-order valence-electron chi connectivity index (χ1n) is 10.1. The molecule has 0 spiro atoms. The Morgan fingerprint density at radius 2 is 0.966 bits per heavy atom. The number of amides is 4. The summed E-state index contributed by atoms with van der Waals surface area (Å²) in [6.45, 7) is 2.32. The molecule has 0 unspecified atom stereocenters. The van der Waals surface area contributed by atoms with Gasteiger partial charge in [0.1, 0.15) is 0 Å². The Morgan fingerprint density at radius 1 is 0.586 bits per heavy atom. The van der Waals surface area contributed by atoms with Gasteiger partial charge in [0.2, 0.25) is 0 Å². The summed E-state index contributed by atoms with van der Waals surface area (Å²) in [6, 6.07) is 7.20. The monoisotopic (exact) mass is 398 g/mol. The van der Waals surface area contributed by atoms with E-state index in [1.165, 1.54) is 0 Å². The van der Waals surface area contributed by atoms with Gasteiger partial charge in [0.25, 0.3) is 0 Å². The van der Waals surface area contributed by atoms with Crippen LogP contribution in [0.3, 0.4) is 0 Å². The van der Waals surface area contributed by atoms with Gasteiger partial charge in [-0.2, -0.15) is 0 Å². The quantitative estimate of drug-likeness (QED) is 0.412. The van der Waals surface area contributed by atoms with Crippen molar-refractivity contribution in [3.63, 3.8) is 0 Å². The third-order valence-corrected chi connectivity index (χ3v) is 4.33. The largest absolute Gasteiger partial charge is 0.338 e. The maximum Gasteiger partial charge on any atom is 0.315 e. The number of hydrogen-bond donors (Lipinski definition) is 4. The van der Waals surface area contributed by atoms with E-state index in [2.05, 4.69) is 31.2 Å². The molecule has 0 bridgehead atoms. The number of nitrogens with one attached hydrogen (secondary N) is 4. The van der Waals surface area contributed by atoms with Gasteiger partial charge in [0.15, 0.2) is 0 Å². The molecule has 0 saturated carbocycles. The Morgan fingerprint density at radius 3 is 1.38 bits per heavy atom. The molecule has 2 heterocycles. The maximum atomic E-state index is 11.7. The number of aromatic nitrogens is 2. The van der Waals surface area contributed by atoms with Crippen LogP contribution in [0.15, 0.2) is 49.1 Å². The van der Waals surface area contributed by atoms with E-state index < -0.39 is 0 Å². The van der Waals surface area contributed by atoms with Gasteiger partial charge in [-0.3, -0.25) is 9.97 Å². The zero-order valence-electron chi connectivity index (χ0n) is 16.7. The Hall–Kier alpha value is -3.16. The predicted molar refractivity (Wildman–Crippen MR) is 112 cm³/mol. The van der Waals surface area contributed by atoms with Gasteiger partial charge in [-0.05, 0) is 48.2 Å². The molecular formula is C21H30N6O2. The Bertz CT molecular complexity index is 650. The summed E-state index contributed by atoms with van der Waals surface area (Å²) >= 11 is 0. The van der Waals surface area contributed by atoms with Crippen LogP contribution in [-0.4, -0.2) is 35.1 Å². The van der Waals surface area contributed by atoms with Crippen molar-refractivity contribution in [1.82, 2.24) is 31.2 Å². The minimum absolute atomic E-state index is 0.149. The van der Waals surface area contributed by atoms with Crippen molar-refractivity contribution >= 4 is 12.1 Å². The zero-order chi connectivity index (χ0) is 20.6. The van der Waals surface area contributed by atoms with Crippen molar-refractivity contribution in [2.75, 3.05) is 13.1 Å². The second kappa shape index (κ2) is 13.9. The molecule has 4 N–H and O–H groups in total. The number of carbonyl (C=O) groups is 2. The number of urea groups is 2. The normalized spacial score (nSPS) is 10.2. The molecule has 29 heavy (non-hydrogen) atoms. The first-order chi connectivity index (χ1) is 14.2. The van der Waals surface area contributed by atoms with Crippen molar-refractivity contribution in [3.05, 3.63) is 60.2 Å². The van der Waals surface area contributed by atoms with E-state index in [-0.39, 0.29) is 12.1 Å². The summed E-state index contributed by atoms with van der Waals surface area (Å²) in [7, 11) is 0. The average molecular weight is 399 g/mol. The van der Waals surface area contributed by atoms with Crippen LogP contribution in [0, 0.1) is 0 Å². The molecule has 0 aromatic carbocycles. The van der Waals surface area contributed by atoms with E-state index in [1.807, 2.05) is 24.3 Å². The lowest BCUT2D eigenvalue weighted by molar-refractivity contribution is 0.239. The van der Waals surface area contributed by atoms with Crippen LogP contribution in [0.2, 0.25) is 0 Å². The van der Waals surface area contributed by atoms with Crippen LogP contribution < -0.4 is 21.3 Å². The van der Waals surface area contributed by atoms with Crippen LogP contribution >= 0.6 is 0 Å². The summed E-state index contributed by atoms with van der Waals surface area (Å²) in [5.74, 6) is 0. The van der Waals surface area contributed by atoms with Gasteiger partial charge in [-0.25, -0.2) is 9.59 Å². The average Bonchev–Trinajstić information content (AvgIpc) is 2.76. The summed E-state index contributed by atoms with van der Waals surface area (Å²) < 4.78 is 0. The van der Waals surface area contributed by atoms with E-state index in [0.29, 0.717) is 26.2 Å². The molecule has 156 valence electrons. The van der Waals surface area contributed by atoms with Crippen molar-refractivity contribution in [2.24, 2.45) is 0 Å². The molecule has 0 atom stereocenters. The molecular weight excluding hydrogens is 368 g/mol. The number of rotatable bonds is 12. The molecule has 2 rings (SSSR count). The lowest BCUT2D eigenvalue weighted by Gasteiger charge is -2.08. The van der Waals surface area contributed by atoms with Crippen molar-refractivity contribution in [2.45, 2.75) is 45.2 Å². The van der Waals surface area contributed by atoms with Crippen LogP contribution in [0.25, 0.3) is 0 Å². The number of pyridine rings is 2. The molecule has 0 fully saturated rings. The predicted octanol–water partition coefficient (Wildman–Crippen LogP) is 2.73. The summed E-state index contributed by atoms with van der Waals surface area (Å²) in [5, 5.41) is 11.4. The number of unbranched alkanes of at least 4 members (excludes halogenated alkanes) is 4. The van der Waals surface area contributed by atoms with Crippen LogP contribution in [0.5, 0.6) is 0 Å². The molecule has 4 amide bonds. The highest BCUT2D eigenvalue weighted by Gasteiger charge is 2.01. The number of hydrogen-bond acceptors (Lipinski definition) is 4. The fraction of sp³-hybridized carbons (Fsp3) is 0.429. The minimum atomic E-state index is -0.149. The molecule has 8 heteroatoms. The highest BCUT2D eigenvalue weighted by atomic mass is 16.2. The third-order valence-electron chi connectivity index (χ3n) is 4.33. The molecule has 2 aromatic rings. The minimum Gasteiger partial charge on any atom is -0.338 e. The molecule has 0 aliphatic carbocycles. The van der Waals surface area contributed by atoms with Gasteiger partial charge >= 0.3 is 12.1 Å². The lowest BCUT2D eigenvalue weighted by atomic mass is 10.1. The highest BCUT2D eigenvalue weighted by molar-refractivity contribution is 5.74. The van der Waals surface area contributed by atoms with Crippen LogP contribution in [0.4, 0.5) is 9.59 Å². The fourth-order valence-electron chi connectivity index (χ4n) is 2.68. The van der Waals surface area contributed by atoms with Crippen LogP contribution in [-0.2, 0) is 13.1 Å². The molecule has 0 aliphatic heterocycles. The molecule has 0 aliphatic rings. The molecule has 0 saturated heterocycles. The number of nitrogens with zero attached hydrogens (tertiary/aromatic N) is 2. The van der Waals surface area contributed by atoms with Crippen molar-refractivity contribution in [3.8, 4) is 0 Å². The van der Waals surface area contributed by atoms with E-state index in [1.54, 1.807) is 24.8 Å². The van der Waals surface area contributed by atoms with Gasteiger partial charge in [-0.1, -0.05) is 19.3 Å². The van der Waals surface area contributed by atoms with E-state index in [0.717, 1.165) is 43.2 Å². The maximum absolute atomic E-state index is 11.7. The zero-order valence-corrected chi connectivity index (χ0v) is 16.7. The SMILES string of the molecule is O=C(NCCCCCCCNC(=O)NCc1ccncc1)NCc1ccncc1. The smallest absolute Gasteiger partial charge is 0.315 e. The standard InChI is InChI=1S/C21H30N6O2/c28-20(26-16-18-6-12-22-13-7-18)24-10-4-2-1-3-5-11-25-21(29)27-17-19-8-14-23-15-9-19/h6-9,12-15H,1-5,10-11,16-17H2,(H2,24,26,28)(H2,25,27,29). The highest BCUT2D eigenvalue weighted by Crippen LogP contribution is 2.02. The van der Waals surface area contributed by atoms with Gasteiger partial charge in [0.05, 0.1) is 0 Å². The Kier molecular flexibility index (Phi) is 10.6. The fourth-order valence-corrected chi connectivity index (χ4v) is 2.68.